The number of pyridine rings is 2. The van der Waals surface area contributed by atoms with Crippen LogP contribution in [-0.2, 0) is 16.6 Å². The van der Waals surface area contributed by atoms with Crippen LogP contribution in [0.1, 0.15) is 12.6 Å². The maximum absolute atomic E-state index is 12.2. The Morgan fingerprint density at radius 1 is 1.29 bits per heavy atom. The van der Waals surface area contributed by atoms with Crippen molar-refractivity contribution in [3.05, 3.63) is 47.4 Å². The SMILES string of the molecule is CCNc1ncc(S(=O)(=O)NCc2ccccn2)cc1Cl. The Labute approximate surface area is 128 Å². The molecule has 0 saturated carbocycles. The molecular weight excluding hydrogens is 312 g/mol. The lowest BCUT2D eigenvalue weighted by Gasteiger charge is -2.09. The molecule has 0 radical (unpaired) electrons. The first kappa shape index (κ1) is 15.7. The molecule has 0 unspecified atom stereocenters. The number of hydrogen-bond acceptors (Lipinski definition) is 5. The predicted octanol–water partition coefficient (Wildman–Crippen LogP) is 2.04. The lowest BCUT2D eigenvalue weighted by molar-refractivity contribution is 0.580. The van der Waals surface area contributed by atoms with Crippen LogP contribution in [0.5, 0.6) is 0 Å². The minimum absolute atomic E-state index is 0.0186. The van der Waals surface area contributed by atoms with E-state index in [0.717, 1.165) is 0 Å². The van der Waals surface area contributed by atoms with Crippen LogP contribution in [0.2, 0.25) is 5.02 Å². The normalized spacial score (nSPS) is 11.3. The van der Waals surface area contributed by atoms with Crippen LogP contribution in [0.3, 0.4) is 0 Å². The van der Waals surface area contributed by atoms with Crippen molar-refractivity contribution in [2.75, 3.05) is 11.9 Å². The van der Waals surface area contributed by atoms with Gasteiger partial charge in [-0.15, -0.1) is 0 Å². The number of halogens is 1. The molecule has 2 heterocycles. The van der Waals surface area contributed by atoms with Crippen LogP contribution < -0.4 is 10.0 Å². The van der Waals surface area contributed by atoms with E-state index in [1.165, 1.54) is 12.3 Å². The lowest BCUT2D eigenvalue weighted by atomic mass is 10.4. The highest BCUT2D eigenvalue weighted by molar-refractivity contribution is 7.89. The molecule has 0 aliphatic heterocycles. The molecule has 0 aliphatic rings. The smallest absolute Gasteiger partial charge is 0.242 e. The highest BCUT2D eigenvalue weighted by Crippen LogP contribution is 2.22. The molecule has 0 fully saturated rings. The van der Waals surface area contributed by atoms with Gasteiger partial charge in [0.15, 0.2) is 0 Å². The van der Waals surface area contributed by atoms with Gasteiger partial charge in [0, 0.05) is 18.9 Å². The molecule has 2 aromatic rings. The van der Waals surface area contributed by atoms with Crippen LogP contribution in [0.15, 0.2) is 41.6 Å². The summed E-state index contributed by atoms with van der Waals surface area (Å²) in [5.41, 5.74) is 0.629. The molecule has 2 rings (SSSR count). The van der Waals surface area contributed by atoms with E-state index >= 15 is 0 Å². The predicted molar refractivity (Wildman–Crippen MR) is 81.7 cm³/mol. The average molecular weight is 327 g/mol. The van der Waals surface area contributed by atoms with E-state index in [-0.39, 0.29) is 16.5 Å². The standard InChI is InChI=1S/C13H15ClN4O2S/c1-2-15-13-12(14)7-11(9-17-13)21(19,20)18-8-10-5-3-4-6-16-10/h3-7,9,18H,2,8H2,1H3,(H,15,17). The van der Waals surface area contributed by atoms with Gasteiger partial charge in [0.25, 0.3) is 0 Å². The van der Waals surface area contributed by atoms with Crippen LogP contribution in [0, 0.1) is 0 Å². The molecule has 2 N–H and O–H groups in total. The third kappa shape index (κ3) is 4.13. The third-order valence-electron chi connectivity index (χ3n) is 2.64. The molecule has 2 aromatic heterocycles. The maximum Gasteiger partial charge on any atom is 0.242 e. The fourth-order valence-corrected chi connectivity index (χ4v) is 2.89. The summed E-state index contributed by atoms with van der Waals surface area (Å²) in [5, 5.41) is 3.21. The molecule has 0 amide bonds. The number of nitrogens with one attached hydrogen (secondary N) is 2. The van der Waals surface area contributed by atoms with E-state index in [9.17, 15) is 8.42 Å². The molecule has 0 bridgehead atoms. The van der Waals surface area contributed by atoms with Crippen molar-refractivity contribution in [3.63, 3.8) is 0 Å². The first-order valence-corrected chi connectivity index (χ1v) is 8.18. The van der Waals surface area contributed by atoms with Crippen LogP contribution >= 0.6 is 11.6 Å². The summed E-state index contributed by atoms with van der Waals surface area (Å²) >= 11 is 6.00. The second kappa shape index (κ2) is 6.84. The Morgan fingerprint density at radius 3 is 2.71 bits per heavy atom. The zero-order valence-corrected chi connectivity index (χ0v) is 12.9. The largest absolute Gasteiger partial charge is 0.369 e. The van der Waals surface area contributed by atoms with Gasteiger partial charge in [-0.05, 0) is 25.1 Å². The van der Waals surface area contributed by atoms with Gasteiger partial charge < -0.3 is 5.32 Å². The monoisotopic (exact) mass is 326 g/mol. The Hall–Kier alpha value is -1.70. The van der Waals surface area contributed by atoms with E-state index in [0.29, 0.717) is 18.1 Å². The van der Waals surface area contributed by atoms with E-state index in [4.69, 9.17) is 11.6 Å². The van der Waals surface area contributed by atoms with Gasteiger partial charge in [-0.25, -0.2) is 18.1 Å². The summed E-state index contributed by atoms with van der Waals surface area (Å²) in [7, 11) is -3.68. The van der Waals surface area contributed by atoms with E-state index in [1.807, 2.05) is 6.92 Å². The van der Waals surface area contributed by atoms with Crippen LogP contribution in [-0.4, -0.2) is 24.9 Å². The van der Waals surface area contributed by atoms with E-state index < -0.39 is 10.0 Å². The van der Waals surface area contributed by atoms with Gasteiger partial charge in [0.05, 0.1) is 17.3 Å². The van der Waals surface area contributed by atoms with Gasteiger partial charge in [-0.3, -0.25) is 4.98 Å². The first-order chi connectivity index (χ1) is 10.0. The Balaban J connectivity index is 2.14. The van der Waals surface area contributed by atoms with Crippen LogP contribution in [0.4, 0.5) is 5.82 Å². The maximum atomic E-state index is 12.2. The third-order valence-corrected chi connectivity index (χ3v) is 4.30. The quantitative estimate of drug-likeness (QED) is 0.848. The minimum atomic E-state index is -3.68. The van der Waals surface area contributed by atoms with E-state index in [2.05, 4.69) is 20.0 Å². The molecular formula is C13H15ClN4O2S. The van der Waals surface area contributed by atoms with Crippen molar-refractivity contribution in [2.45, 2.75) is 18.4 Å². The molecule has 0 aliphatic carbocycles. The molecule has 6 nitrogen and oxygen atoms in total. The van der Waals surface area contributed by atoms with Crippen molar-refractivity contribution < 1.29 is 8.42 Å². The van der Waals surface area contributed by atoms with Crippen molar-refractivity contribution in [1.82, 2.24) is 14.7 Å². The summed E-state index contributed by atoms with van der Waals surface area (Å²) in [6.45, 7) is 2.66. The van der Waals surface area contributed by atoms with Crippen molar-refractivity contribution in [3.8, 4) is 0 Å². The fourth-order valence-electron chi connectivity index (χ4n) is 1.62. The van der Waals surface area contributed by atoms with Crippen molar-refractivity contribution in [1.29, 1.82) is 0 Å². The van der Waals surface area contributed by atoms with Crippen LogP contribution in [0.25, 0.3) is 0 Å². The molecule has 0 aromatic carbocycles. The number of anilines is 1. The lowest BCUT2D eigenvalue weighted by Crippen LogP contribution is -2.24. The second-order valence-corrected chi connectivity index (χ2v) is 6.35. The van der Waals surface area contributed by atoms with Gasteiger partial charge >= 0.3 is 0 Å². The molecule has 21 heavy (non-hydrogen) atoms. The number of hydrogen-bond donors (Lipinski definition) is 2. The van der Waals surface area contributed by atoms with Crippen molar-refractivity contribution in [2.24, 2.45) is 0 Å². The summed E-state index contributed by atoms with van der Waals surface area (Å²) in [6, 6.07) is 6.66. The zero-order chi connectivity index (χ0) is 15.3. The summed E-state index contributed by atoms with van der Waals surface area (Å²) in [4.78, 5) is 8.08. The molecule has 0 spiro atoms. The molecule has 0 saturated heterocycles. The first-order valence-electron chi connectivity index (χ1n) is 6.32. The summed E-state index contributed by atoms with van der Waals surface area (Å²) in [6.07, 6.45) is 2.87. The summed E-state index contributed by atoms with van der Waals surface area (Å²) in [5.74, 6) is 0.461. The highest BCUT2D eigenvalue weighted by atomic mass is 35.5. The molecule has 0 atom stereocenters. The minimum Gasteiger partial charge on any atom is -0.369 e. The van der Waals surface area contributed by atoms with Gasteiger partial charge in [-0.2, -0.15) is 0 Å². The molecule has 8 heteroatoms. The summed E-state index contributed by atoms with van der Waals surface area (Å²) < 4.78 is 26.8. The van der Waals surface area contributed by atoms with Gasteiger partial charge in [0.2, 0.25) is 10.0 Å². The highest BCUT2D eigenvalue weighted by Gasteiger charge is 2.16. The fraction of sp³-hybridized carbons (Fsp3) is 0.231. The number of rotatable bonds is 6. The topological polar surface area (TPSA) is 84.0 Å². The van der Waals surface area contributed by atoms with E-state index in [1.54, 1.807) is 24.4 Å². The zero-order valence-electron chi connectivity index (χ0n) is 11.4. The molecule has 112 valence electrons. The average Bonchev–Trinajstić information content (AvgIpc) is 2.48. The Morgan fingerprint density at radius 2 is 2.10 bits per heavy atom. The Kier molecular flexibility index (Phi) is 5.11. The van der Waals surface area contributed by atoms with Gasteiger partial charge in [-0.1, -0.05) is 17.7 Å². The number of sulfonamides is 1. The van der Waals surface area contributed by atoms with Crippen molar-refractivity contribution >= 4 is 27.4 Å². The number of aromatic nitrogens is 2. The Bertz CT molecular complexity index is 707. The second-order valence-electron chi connectivity index (χ2n) is 4.18. The van der Waals surface area contributed by atoms with Gasteiger partial charge in [0.1, 0.15) is 10.7 Å². The number of nitrogens with zero attached hydrogens (tertiary/aromatic N) is 2.